The highest BCUT2D eigenvalue weighted by Gasteiger charge is 2.22. The molecular weight excluding hydrogens is 420 g/mol. The second-order valence-corrected chi connectivity index (χ2v) is 7.76. The summed E-state index contributed by atoms with van der Waals surface area (Å²) in [6, 6.07) is 6.16. The molecule has 166 valence electrons. The Hall–Kier alpha value is -4.34. The smallest absolute Gasteiger partial charge is 0.343 e. The van der Waals surface area contributed by atoms with Crippen LogP contribution in [0.25, 0.3) is 27.9 Å². The summed E-state index contributed by atoms with van der Waals surface area (Å²) in [6.07, 6.45) is 4.41. The molecule has 5 rings (SSSR count). The van der Waals surface area contributed by atoms with E-state index in [-0.39, 0.29) is 12.2 Å². The second-order valence-electron chi connectivity index (χ2n) is 7.76. The van der Waals surface area contributed by atoms with E-state index >= 15 is 0 Å². The Kier molecular flexibility index (Phi) is 4.97. The van der Waals surface area contributed by atoms with E-state index < -0.39 is 5.97 Å². The molecule has 4 aromatic heterocycles. The molecule has 10 heteroatoms. The van der Waals surface area contributed by atoms with Crippen LogP contribution in [0.4, 0.5) is 11.6 Å². The summed E-state index contributed by atoms with van der Waals surface area (Å²) in [5, 5.41) is 8.77. The van der Waals surface area contributed by atoms with Crippen molar-refractivity contribution in [2.24, 2.45) is 0 Å². The predicted molar refractivity (Wildman–Crippen MR) is 124 cm³/mol. The molecule has 0 saturated heterocycles. The van der Waals surface area contributed by atoms with Gasteiger partial charge in [-0.2, -0.15) is 9.78 Å². The fourth-order valence-electron chi connectivity index (χ4n) is 3.91. The van der Waals surface area contributed by atoms with Crippen molar-refractivity contribution in [1.29, 1.82) is 0 Å². The van der Waals surface area contributed by atoms with Gasteiger partial charge < -0.3 is 15.0 Å². The minimum Gasteiger partial charge on any atom is -0.462 e. The normalized spacial score (nSPS) is 11.3. The van der Waals surface area contributed by atoms with Crippen LogP contribution in [-0.4, -0.2) is 47.3 Å². The summed E-state index contributed by atoms with van der Waals surface area (Å²) in [7, 11) is 0. The summed E-state index contributed by atoms with van der Waals surface area (Å²) in [4.78, 5) is 33.2. The van der Waals surface area contributed by atoms with Gasteiger partial charge in [0.15, 0.2) is 23.1 Å². The number of nitrogens with zero attached hydrogens (tertiary/aromatic N) is 6. The summed E-state index contributed by atoms with van der Waals surface area (Å²) < 4.78 is 6.83. The van der Waals surface area contributed by atoms with Crippen LogP contribution in [0.15, 0.2) is 37.1 Å². The van der Waals surface area contributed by atoms with Crippen molar-refractivity contribution >= 4 is 39.7 Å². The molecule has 10 nitrogen and oxygen atoms in total. The average molecular weight is 442 g/mol. The van der Waals surface area contributed by atoms with Gasteiger partial charge >= 0.3 is 5.97 Å². The lowest BCUT2D eigenvalue weighted by Gasteiger charge is -2.14. The Morgan fingerprint density at radius 2 is 1.97 bits per heavy atom. The van der Waals surface area contributed by atoms with Gasteiger partial charge in [-0.3, -0.25) is 0 Å². The van der Waals surface area contributed by atoms with E-state index in [2.05, 4.69) is 49.4 Å². The van der Waals surface area contributed by atoms with Crippen molar-refractivity contribution in [3.05, 3.63) is 59.3 Å². The number of hydrogen-bond donors (Lipinski definition) is 2. The Labute approximate surface area is 189 Å². The third kappa shape index (κ3) is 3.55. The van der Waals surface area contributed by atoms with E-state index in [1.807, 2.05) is 19.9 Å². The van der Waals surface area contributed by atoms with Crippen LogP contribution in [0.1, 0.15) is 34.0 Å². The monoisotopic (exact) mass is 442 g/mol. The minimum absolute atomic E-state index is 0.244. The zero-order valence-corrected chi connectivity index (χ0v) is 18.7. The van der Waals surface area contributed by atoms with Crippen LogP contribution >= 0.6 is 0 Å². The number of H-pyrrole nitrogens is 1. The maximum Gasteiger partial charge on any atom is 0.343 e. The number of carbonyl (C=O) groups excluding carboxylic acids is 1. The first kappa shape index (κ1) is 20.6. The molecule has 0 atom stereocenters. The summed E-state index contributed by atoms with van der Waals surface area (Å²) in [6.45, 7) is 8.14. The van der Waals surface area contributed by atoms with E-state index in [9.17, 15) is 4.79 Å². The van der Waals surface area contributed by atoms with Gasteiger partial charge in [0.2, 0.25) is 0 Å². The number of benzene rings is 1. The zero-order valence-electron chi connectivity index (χ0n) is 18.7. The molecule has 0 radical (unpaired) electrons. The van der Waals surface area contributed by atoms with Gasteiger partial charge in [-0.15, -0.1) is 0 Å². The molecule has 0 aliphatic heterocycles. The van der Waals surface area contributed by atoms with Gasteiger partial charge in [-0.1, -0.05) is 11.6 Å². The number of fused-ring (bicyclic) bond motifs is 2. The van der Waals surface area contributed by atoms with Gasteiger partial charge in [0.1, 0.15) is 17.4 Å². The van der Waals surface area contributed by atoms with Crippen molar-refractivity contribution in [3.63, 3.8) is 0 Å². The van der Waals surface area contributed by atoms with Crippen molar-refractivity contribution < 1.29 is 9.53 Å². The van der Waals surface area contributed by atoms with E-state index in [1.165, 1.54) is 24.4 Å². The Morgan fingerprint density at radius 1 is 1.12 bits per heavy atom. The maximum absolute atomic E-state index is 12.7. The number of aromatic amines is 1. The first-order chi connectivity index (χ1) is 16.0. The fraction of sp³-hybridized carbons (Fsp3) is 0.217. The van der Waals surface area contributed by atoms with Gasteiger partial charge in [0, 0.05) is 5.39 Å². The molecule has 0 bridgehead atoms. The number of imidazole rings is 1. The van der Waals surface area contributed by atoms with Gasteiger partial charge in [0.25, 0.3) is 0 Å². The van der Waals surface area contributed by atoms with Gasteiger partial charge in [-0.05, 0) is 51.0 Å². The molecule has 4 heterocycles. The highest BCUT2D eigenvalue weighted by atomic mass is 16.5. The fourth-order valence-corrected chi connectivity index (χ4v) is 3.91. The first-order valence-corrected chi connectivity index (χ1v) is 10.5. The van der Waals surface area contributed by atoms with E-state index in [0.29, 0.717) is 28.6 Å². The highest BCUT2D eigenvalue weighted by Crippen LogP contribution is 2.29. The largest absolute Gasteiger partial charge is 0.462 e. The second kappa shape index (κ2) is 7.97. The third-order valence-corrected chi connectivity index (χ3v) is 5.38. The molecular formula is C23H22N8O2. The van der Waals surface area contributed by atoms with Crippen molar-refractivity contribution in [2.45, 2.75) is 27.7 Å². The van der Waals surface area contributed by atoms with Gasteiger partial charge in [-0.25, -0.2) is 24.7 Å². The average Bonchev–Trinajstić information content (AvgIpc) is 3.42. The number of nitrogens with one attached hydrogen (secondary N) is 2. The van der Waals surface area contributed by atoms with Crippen molar-refractivity contribution in [3.8, 4) is 5.82 Å². The molecule has 2 N–H and O–H groups in total. The number of esters is 1. The number of pyridine rings is 1. The topological polar surface area (TPSA) is 124 Å². The predicted octanol–water partition coefficient (Wildman–Crippen LogP) is 3.93. The van der Waals surface area contributed by atoms with E-state index in [4.69, 9.17) is 9.72 Å². The molecule has 0 amide bonds. The molecule has 33 heavy (non-hydrogen) atoms. The summed E-state index contributed by atoms with van der Waals surface area (Å²) >= 11 is 0. The lowest BCUT2D eigenvalue weighted by molar-refractivity contribution is 0.0527. The molecule has 0 aliphatic rings. The van der Waals surface area contributed by atoms with Crippen LogP contribution in [0.2, 0.25) is 0 Å². The van der Waals surface area contributed by atoms with E-state index in [1.54, 1.807) is 11.6 Å². The lowest BCUT2D eigenvalue weighted by atomic mass is 10.0. The van der Waals surface area contributed by atoms with E-state index in [0.717, 1.165) is 22.0 Å². The van der Waals surface area contributed by atoms with Crippen molar-refractivity contribution in [1.82, 2.24) is 34.7 Å². The maximum atomic E-state index is 12.7. The summed E-state index contributed by atoms with van der Waals surface area (Å²) in [5.74, 6) is 0.915. The van der Waals surface area contributed by atoms with Crippen molar-refractivity contribution in [2.75, 3.05) is 11.9 Å². The number of carbonyl (C=O) groups is 1. The Bertz CT molecular complexity index is 1520. The molecule has 0 fully saturated rings. The lowest BCUT2D eigenvalue weighted by Crippen LogP contribution is -2.11. The number of aromatic nitrogens is 7. The molecule has 0 unspecified atom stereocenters. The van der Waals surface area contributed by atoms with Crippen LogP contribution < -0.4 is 5.32 Å². The molecule has 0 spiro atoms. The SMILES string of the molecule is CCOC(=O)c1cnn(-c2cc(C)c3cc(C)cc(C)c3n2)c1Nc1ncnc2nc[nH]c12. The molecule has 0 saturated carbocycles. The highest BCUT2D eigenvalue weighted by molar-refractivity contribution is 5.97. The Balaban J connectivity index is 1.70. The Morgan fingerprint density at radius 3 is 2.79 bits per heavy atom. The first-order valence-electron chi connectivity index (χ1n) is 10.5. The van der Waals surface area contributed by atoms with Crippen LogP contribution in [0.5, 0.6) is 0 Å². The van der Waals surface area contributed by atoms with Crippen LogP contribution in [0, 0.1) is 20.8 Å². The van der Waals surface area contributed by atoms with Crippen LogP contribution in [0.3, 0.4) is 0 Å². The molecule has 5 aromatic rings. The third-order valence-electron chi connectivity index (χ3n) is 5.38. The number of hydrogen-bond acceptors (Lipinski definition) is 8. The number of ether oxygens (including phenoxy) is 1. The van der Waals surface area contributed by atoms with Crippen LogP contribution in [-0.2, 0) is 4.74 Å². The molecule has 1 aromatic carbocycles. The quantitative estimate of drug-likeness (QED) is 0.392. The number of anilines is 2. The standard InChI is InChI=1S/C23H22N8O2/c1-5-33-23(32)16-9-28-31(22(16)30-21-19-20(25-10-24-19)26-11-27-21)17-8-13(3)15-7-12(2)6-14(4)18(15)29-17/h6-11H,5H2,1-4H3,(H2,24,25,26,27,30). The number of aryl methyl sites for hydroxylation is 3. The van der Waals surface area contributed by atoms with Gasteiger partial charge in [0.05, 0.1) is 24.6 Å². The zero-order chi connectivity index (χ0) is 23.1. The summed E-state index contributed by atoms with van der Waals surface area (Å²) in [5.41, 5.74) is 5.55. The minimum atomic E-state index is -0.495. The molecule has 0 aliphatic carbocycles. The number of rotatable bonds is 5.